The lowest BCUT2D eigenvalue weighted by Crippen LogP contribution is -2.43. The highest BCUT2D eigenvalue weighted by Crippen LogP contribution is 2.34. The Labute approximate surface area is 139 Å². The maximum Gasteiger partial charge on any atom is 0.326 e. The van der Waals surface area contributed by atoms with Crippen molar-refractivity contribution in [1.29, 1.82) is 0 Å². The number of piperazine rings is 1. The van der Waals surface area contributed by atoms with Gasteiger partial charge in [0, 0.05) is 32.7 Å². The molecule has 2 aliphatic heterocycles. The molecule has 1 amide bonds. The molecular weight excluding hydrogens is 339 g/mol. The van der Waals surface area contributed by atoms with Crippen molar-refractivity contribution in [3.63, 3.8) is 0 Å². The third kappa shape index (κ3) is 3.30. The SMILES string of the molecule is CN1CCN(Cc2cc(O)c(N3CC(=O)NS3(=O)=O)c(F)c2)CC1. The molecule has 0 radical (unpaired) electrons. The normalized spacial score (nSPS) is 21.9. The Morgan fingerprint density at radius 1 is 1.25 bits per heavy atom. The number of nitrogens with zero attached hydrogens (tertiary/aromatic N) is 3. The lowest BCUT2D eigenvalue weighted by atomic mass is 10.1. The number of nitrogens with one attached hydrogen (secondary N) is 1. The van der Waals surface area contributed by atoms with Crippen LogP contribution in [0, 0.1) is 5.82 Å². The Morgan fingerprint density at radius 2 is 1.92 bits per heavy atom. The second-order valence-corrected chi connectivity index (χ2v) is 7.66. The first-order chi connectivity index (χ1) is 11.3. The zero-order chi connectivity index (χ0) is 17.5. The number of rotatable bonds is 3. The first kappa shape index (κ1) is 16.9. The highest BCUT2D eigenvalue weighted by atomic mass is 32.2. The number of anilines is 1. The number of phenolic OH excluding ortho intramolecular Hbond substituents is 1. The summed E-state index contributed by atoms with van der Waals surface area (Å²) < 4.78 is 40.3. The molecule has 0 aliphatic carbocycles. The molecule has 0 saturated carbocycles. The number of phenols is 1. The molecule has 0 atom stereocenters. The number of hydrogen-bond acceptors (Lipinski definition) is 6. The van der Waals surface area contributed by atoms with Crippen LogP contribution in [0.15, 0.2) is 12.1 Å². The summed E-state index contributed by atoms with van der Waals surface area (Å²) in [6, 6.07) is 2.54. The van der Waals surface area contributed by atoms with E-state index < -0.39 is 39.9 Å². The van der Waals surface area contributed by atoms with Crippen molar-refractivity contribution in [3.05, 3.63) is 23.5 Å². The zero-order valence-corrected chi connectivity index (χ0v) is 14.0. The molecular formula is C14H19FN4O4S. The Bertz CT molecular complexity index is 739. The minimum Gasteiger partial charge on any atom is -0.506 e. The fourth-order valence-corrected chi connectivity index (χ4v) is 4.06. The second-order valence-electron chi connectivity index (χ2n) is 6.06. The Balaban J connectivity index is 1.83. The lowest BCUT2D eigenvalue weighted by molar-refractivity contribution is -0.117. The summed E-state index contributed by atoms with van der Waals surface area (Å²) in [5.74, 6) is -2.14. The molecule has 132 valence electrons. The van der Waals surface area contributed by atoms with E-state index in [1.54, 1.807) is 4.72 Å². The summed E-state index contributed by atoms with van der Waals surface area (Å²) in [5.41, 5.74) is 0.0460. The van der Waals surface area contributed by atoms with Crippen LogP contribution < -0.4 is 9.03 Å². The minimum atomic E-state index is -4.16. The van der Waals surface area contributed by atoms with E-state index in [1.807, 2.05) is 7.05 Å². The van der Waals surface area contributed by atoms with Crippen LogP contribution in [0.25, 0.3) is 0 Å². The monoisotopic (exact) mass is 358 g/mol. The van der Waals surface area contributed by atoms with Gasteiger partial charge in [-0.2, -0.15) is 8.42 Å². The average molecular weight is 358 g/mol. The Morgan fingerprint density at radius 3 is 2.46 bits per heavy atom. The number of carbonyl (C=O) groups is 1. The van der Waals surface area contributed by atoms with Crippen LogP contribution in [0.2, 0.25) is 0 Å². The minimum absolute atomic E-state index is 0.461. The molecule has 2 saturated heterocycles. The van der Waals surface area contributed by atoms with E-state index >= 15 is 0 Å². The van der Waals surface area contributed by atoms with E-state index in [1.165, 1.54) is 12.1 Å². The smallest absolute Gasteiger partial charge is 0.326 e. The Hall–Kier alpha value is -1.91. The third-order valence-electron chi connectivity index (χ3n) is 4.17. The van der Waals surface area contributed by atoms with E-state index in [0.29, 0.717) is 16.4 Å². The highest BCUT2D eigenvalue weighted by molar-refractivity contribution is 7.92. The first-order valence-corrected chi connectivity index (χ1v) is 8.96. The molecule has 1 aromatic rings. The van der Waals surface area contributed by atoms with Gasteiger partial charge in [-0.05, 0) is 24.7 Å². The van der Waals surface area contributed by atoms with Crippen molar-refractivity contribution in [3.8, 4) is 5.75 Å². The summed E-state index contributed by atoms with van der Waals surface area (Å²) in [5, 5.41) is 10.1. The first-order valence-electron chi connectivity index (χ1n) is 7.52. The molecule has 2 aliphatic rings. The predicted molar refractivity (Wildman–Crippen MR) is 85.2 cm³/mol. The summed E-state index contributed by atoms with van der Waals surface area (Å²) in [6.45, 7) is 3.39. The van der Waals surface area contributed by atoms with Crippen LogP contribution in [0.3, 0.4) is 0 Å². The van der Waals surface area contributed by atoms with Crippen molar-refractivity contribution in [1.82, 2.24) is 14.5 Å². The number of hydrogen-bond donors (Lipinski definition) is 2. The fourth-order valence-electron chi connectivity index (χ4n) is 2.89. The molecule has 0 spiro atoms. The van der Waals surface area contributed by atoms with Crippen molar-refractivity contribution in [2.45, 2.75) is 6.54 Å². The summed E-state index contributed by atoms with van der Waals surface area (Å²) in [4.78, 5) is 15.6. The molecule has 2 N–H and O–H groups in total. The molecule has 0 unspecified atom stereocenters. The van der Waals surface area contributed by atoms with Crippen LogP contribution in [0.5, 0.6) is 5.75 Å². The molecule has 0 aromatic heterocycles. The number of benzene rings is 1. The van der Waals surface area contributed by atoms with E-state index in [9.17, 15) is 22.7 Å². The van der Waals surface area contributed by atoms with Gasteiger partial charge in [-0.15, -0.1) is 0 Å². The van der Waals surface area contributed by atoms with Gasteiger partial charge in [0.05, 0.1) is 0 Å². The van der Waals surface area contributed by atoms with E-state index in [-0.39, 0.29) is 0 Å². The van der Waals surface area contributed by atoms with Gasteiger partial charge in [0.25, 0.3) is 5.91 Å². The highest BCUT2D eigenvalue weighted by Gasteiger charge is 2.37. The predicted octanol–water partition coefficient (Wildman–Crippen LogP) is -0.540. The maximum absolute atomic E-state index is 14.4. The van der Waals surface area contributed by atoms with Gasteiger partial charge in [0.15, 0.2) is 5.82 Å². The van der Waals surface area contributed by atoms with Gasteiger partial charge >= 0.3 is 10.2 Å². The number of carbonyl (C=O) groups excluding carboxylic acids is 1. The topological polar surface area (TPSA) is 93.2 Å². The van der Waals surface area contributed by atoms with E-state index in [0.717, 1.165) is 26.2 Å². The molecule has 0 bridgehead atoms. The fraction of sp³-hybridized carbons (Fsp3) is 0.500. The van der Waals surface area contributed by atoms with Crippen LogP contribution in [0.4, 0.5) is 10.1 Å². The average Bonchev–Trinajstić information content (AvgIpc) is 2.74. The Kier molecular flexibility index (Phi) is 4.37. The van der Waals surface area contributed by atoms with Crippen molar-refractivity contribution in [2.75, 3.05) is 44.1 Å². The van der Waals surface area contributed by atoms with Gasteiger partial charge < -0.3 is 10.0 Å². The summed E-state index contributed by atoms with van der Waals surface area (Å²) >= 11 is 0. The van der Waals surface area contributed by atoms with E-state index in [2.05, 4.69) is 9.80 Å². The number of likely N-dealkylation sites (N-methyl/N-ethyl adjacent to an activating group) is 1. The maximum atomic E-state index is 14.4. The van der Waals surface area contributed by atoms with Crippen molar-refractivity contribution >= 4 is 21.8 Å². The zero-order valence-electron chi connectivity index (χ0n) is 13.2. The molecule has 2 heterocycles. The van der Waals surface area contributed by atoms with Crippen LogP contribution in [0.1, 0.15) is 5.56 Å². The molecule has 24 heavy (non-hydrogen) atoms. The number of halogens is 1. The summed E-state index contributed by atoms with van der Waals surface area (Å²) in [6.07, 6.45) is 0. The van der Waals surface area contributed by atoms with Gasteiger partial charge in [0.2, 0.25) is 0 Å². The second kappa shape index (κ2) is 6.19. The van der Waals surface area contributed by atoms with Gasteiger partial charge in [-0.3, -0.25) is 9.69 Å². The lowest BCUT2D eigenvalue weighted by Gasteiger charge is -2.32. The molecule has 10 heteroatoms. The molecule has 3 rings (SSSR count). The molecule has 2 fully saturated rings. The number of amides is 1. The van der Waals surface area contributed by atoms with Gasteiger partial charge in [-0.25, -0.2) is 13.4 Å². The standard InChI is InChI=1S/C14H19FN4O4S/c1-17-2-4-18(5-3-17)8-10-6-11(15)14(12(20)7-10)19-9-13(21)16-24(19,22)23/h6-7,20H,2-5,8-9H2,1H3,(H,16,21). The van der Waals surface area contributed by atoms with Crippen molar-refractivity contribution < 1.29 is 22.7 Å². The van der Waals surface area contributed by atoms with Crippen LogP contribution >= 0.6 is 0 Å². The van der Waals surface area contributed by atoms with Crippen LogP contribution in [-0.2, 0) is 21.5 Å². The van der Waals surface area contributed by atoms with Crippen molar-refractivity contribution in [2.24, 2.45) is 0 Å². The molecule has 1 aromatic carbocycles. The van der Waals surface area contributed by atoms with Gasteiger partial charge in [0.1, 0.15) is 18.0 Å². The van der Waals surface area contributed by atoms with Gasteiger partial charge in [-0.1, -0.05) is 0 Å². The third-order valence-corrected chi connectivity index (χ3v) is 5.55. The van der Waals surface area contributed by atoms with Crippen LogP contribution in [-0.4, -0.2) is 69.0 Å². The number of aromatic hydroxyl groups is 1. The largest absolute Gasteiger partial charge is 0.506 e. The quantitative estimate of drug-likeness (QED) is 0.754. The van der Waals surface area contributed by atoms with E-state index in [4.69, 9.17) is 0 Å². The summed E-state index contributed by atoms with van der Waals surface area (Å²) in [7, 11) is -2.13. The molecule has 8 nitrogen and oxygen atoms in total.